The minimum absolute atomic E-state index is 0.120. The molecule has 1 aromatic heterocycles. The summed E-state index contributed by atoms with van der Waals surface area (Å²) < 4.78 is 1.82. The number of hydrogen-bond acceptors (Lipinski definition) is 2. The first kappa shape index (κ1) is 8.82. The van der Waals surface area contributed by atoms with Gasteiger partial charge in [-0.1, -0.05) is 11.8 Å². The second-order valence-corrected chi connectivity index (χ2v) is 2.36. The van der Waals surface area contributed by atoms with Crippen LogP contribution in [-0.2, 0) is 6.54 Å². The molecule has 3 heteroatoms. The molecule has 0 aliphatic carbocycles. The van der Waals surface area contributed by atoms with Crippen molar-refractivity contribution in [3.63, 3.8) is 0 Å². The van der Waals surface area contributed by atoms with Gasteiger partial charge in [-0.2, -0.15) is 5.10 Å². The average Bonchev–Trinajstić information content (AvgIpc) is 2.53. The fourth-order valence-corrected chi connectivity index (χ4v) is 0.822. The van der Waals surface area contributed by atoms with E-state index >= 15 is 0 Å². The van der Waals surface area contributed by atoms with Gasteiger partial charge in [0.2, 0.25) is 0 Å². The lowest BCUT2D eigenvalue weighted by Crippen LogP contribution is -1.91. The van der Waals surface area contributed by atoms with Crippen molar-refractivity contribution in [2.75, 3.05) is 6.61 Å². The monoisotopic (exact) mass is 164 g/mol. The van der Waals surface area contributed by atoms with Crippen LogP contribution >= 0.6 is 0 Å². The van der Waals surface area contributed by atoms with Crippen molar-refractivity contribution in [3.05, 3.63) is 18.0 Å². The molecular weight excluding hydrogens is 152 g/mol. The van der Waals surface area contributed by atoms with Crippen molar-refractivity contribution >= 4 is 0 Å². The summed E-state index contributed by atoms with van der Waals surface area (Å²) in [6.45, 7) is 3.01. The van der Waals surface area contributed by atoms with E-state index in [1.165, 1.54) is 0 Å². The molecule has 0 unspecified atom stereocenters. The van der Waals surface area contributed by atoms with Gasteiger partial charge >= 0.3 is 0 Å². The van der Waals surface area contributed by atoms with E-state index in [1.807, 2.05) is 17.8 Å². The van der Waals surface area contributed by atoms with Crippen molar-refractivity contribution in [1.29, 1.82) is 0 Å². The second kappa shape index (κ2) is 4.58. The molecule has 0 amide bonds. The highest BCUT2D eigenvalue weighted by molar-refractivity contribution is 5.29. The molecule has 0 aromatic carbocycles. The third-order valence-corrected chi connectivity index (χ3v) is 1.43. The third-order valence-electron chi connectivity index (χ3n) is 1.43. The van der Waals surface area contributed by atoms with Gasteiger partial charge in [-0.3, -0.25) is 4.68 Å². The topological polar surface area (TPSA) is 38.0 Å². The van der Waals surface area contributed by atoms with E-state index < -0.39 is 0 Å². The highest BCUT2D eigenvalue weighted by Gasteiger charge is 1.90. The van der Waals surface area contributed by atoms with Crippen LogP contribution in [0.5, 0.6) is 0 Å². The molecule has 0 saturated heterocycles. The van der Waals surface area contributed by atoms with Crippen molar-refractivity contribution < 1.29 is 5.11 Å². The molecule has 0 radical (unpaired) electrons. The SMILES string of the molecule is CCn1cc(C#CCCO)cn1. The lowest BCUT2D eigenvalue weighted by atomic mass is 10.3. The molecule has 0 spiro atoms. The Bertz CT molecular complexity index is 293. The van der Waals surface area contributed by atoms with Crippen LogP contribution in [0.4, 0.5) is 0 Å². The standard InChI is InChI=1S/C9H12N2O/c1-2-11-8-9(7-10-11)5-3-4-6-12/h7-8,12H,2,4,6H2,1H3. The highest BCUT2D eigenvalue weighted by atomic mass is 16.2. The van der Waals surface area contributed by atoms with Gasteiger partial charge in [0, 0.05) is 19.2 Å². The minimum Gasteiger partial charge on any atom is -0.395 e. The Balaban J connectivity index is 2.59. The van der Waals surface area contributed by atoms with Gasteiger partial charge in [-0.15, -0.1) is 0 Å². The minimum atomic E-state index is 0.120. The predicted molar refractivity (Wildman–Crippen MR) is 46.5 cm³/mol. The fraction of sp³-hybridized carbons (Fsp3) is 0.444. The van der Waals surface area contributed by atoms with Crippen molar-refractivity contribution in [3.8, 4) is 11.8 Å². The van der Waals surface area contributed by atoms with E-state index in [1.54, 1.807) is 6.20 Å². The smallest absolute Gasteiger partial charge is 0.0646 e. The lowest BCUT2D eigenvalue weighted by molar-refractivity contribution is 0.305. The summed E-state index contributed by atoms with van der Waals surface area (Å²) in [6, 6.07) is 0. The van der Waals surface area contributed by atoms with Crippen molar-refractivity contribution in [1.82, 2.24) is 9.78 Å². The third kappa shape index (κ3) is 2.40. The van der Waals surface area contributed by atoms with Gasteiger partial charge in [0.15, 0.2) is 0 Å². The van der Waals surface area contributed by atoms with Crippen LogP contribution in [0.1, 0.15) is 18.9 Å². The predicted octanol–water partition coefficient (Wildman–Crippen LogP) is 0.637. The van der Waals surface area contributed by atoms with E-state index in [-0.39, 0.29) is 6.61 Å². The second-order valence-electron chi connectivity index (χ2n) is 2.36. The first-order chi connectivity index (χ1) is 5.86. The zero-order valence-corrected chi connectivity index (χ0v) is 7.12. The Labute approximate surface area is 72.0 Å². The van der Waals surface area contributed by atoms with Crippen LogP contribution in [0.3, 0.4) is 0 Å². The van der Waals surface area contributed by atoms with Gasteiger partial charge < -0.3 is 5.11 Å². The summed E-state index contributed by atoms with van der Waals surface area (Å²) in [5.74, 6) is 5.74. The normalized spacial score (nSPS) is 9.17. The molecule has 0 aliphatic heterocycles. The fourth-order valence-electron chi connectivity index (χ4n) is 0.822. The lowest BCUT2D eigenvalue weighted by Gasteiger charge is -1.88. The zero-order chi connectivity index (χ0) is 8.81. The maximum atomic E-state index is 8.47. The molecule has 0 aliphatic rings. The number of aromatic nitrogens is 2. The summed E-state index contributed by atoms with van der Waals surface area (Å²) in [5.41, 5.74) is 0.908. The van der Waals surface area contributed by atoms with E-state index in [0.29, 0.717) is 6.42 Å². The number of rotatable bonds is 2. The molecular formula is C9H12N2O. The maximum absolute atomic E-state index is 8.47. The first-order valence-electron chi connectivity index (χ1n) is 3.99. The quantitative estimate of drug-likeness (QED) is 0.651. The molecule has 3 nitrogen and oxygen atoms in total. The Morgan fingerprint density at radius 1 is 1.67 bits per heavy atom. The molecule has 1 rings (SSSR count). The molecule has 0 bridgehead atoms. The van der Waals surface area contributed by atoms with Gasteiger partial charge in [-0.25, -0.2) is 0 Å². The Morgan fingerprint density at radius 3 is 3.08 bits per heavy atom. The summed E-state index contributed by atoms with van der Waals surface area (Å²) >= 11 is 0. The van der Waals surface area contributed by atoms with Gasteiger partial charge in [-0.05, 0) is 6.92 Å². The van der Waals surface area contributed by atoms with Crippen LogP contribution in [-0.4, -0.2) is 21.5 Å². The molecule has 1 N–H and O–H groups in total. The van der Waals surface area contributed by atoms with Gasteiger partial charge in [0.1, 0.15) is 0 Å². The Morgan fingerprint density at radius 2 is 2.50 bits per heavy atom. The Hall–Kier alpha value is -1.27. The molecule has 64 valence electrons. The highest BCUT2D eigenvalue weighted by Crippen LogP contribution is 1.94. The molecule has 1 heterocycles. The van der Waals surface area contributed by atoms with E-state index in [2.05, 4.69) is 16.9 Å². The Kier molecular flexibility index (Phi) is 3.36. The van der Waals surface area contributed by atoms with Crippen LogP contribution in [0.2, 0.25) is 0 Å². The van der Waals surface area contributed by atoms with Gasteiger partial charge in [0.05, 0.1) is 18.4 Å². The largest absolute Gasteiger partial charge is 0.395 e. The molecule has 0 fully saturated rings. The van der Waals surface area contributed by atoms with Crippen LogP contribution in [0, 0.1) is 11.8 Å². The first-order valence-corrected chi connectivity index (χ1v) is 3.99. The average molecular weight is 164 g/mol. The van der Waals surface area contributed by atoms with Crippen LogP contribution in [0.25, 0.3) is 0 Å². The van der Waals surface area contributed by atoms with E-state index in [0.717, 1.165) is 12.1 Å². The molecule has 0 saturated carbocycles. The van der Waals surface area contributed by atoms with Gasteiger partial charge in [0.25, 0.3) is 0 Å². The van der Waals surface area contributed by atoms with Crippen LogP contribution < -0.4 is 0 Å². The molecule has 1 aromatic rings. The summed E-state index contributed by atoms with van der Waals surface area (Å²) in [4.78, 5) is 0. The number of aryl methyl sites for hydroxylation is 1. The van der Waals surface area contributed by atoms with E-state index in [9.17, 15) is 0 Å². The van der Waals surface area contributed by atoms with Crippen LogP contribution in [0.15, 0.2) is 12.4 Å². The summed E-state index contributed by atoms with van der Waals surface area (Å²) in [7, 11) is 0. The molecule has 12 heavy (non-hydrogen) atoms. The number of nitrogens with zero attached hydrogens (tertiary/aromatic N) is 2. The van der Waals surface area contributed by atoms with E-state index in [4.69, 9.17) is 5.11 Å². The zero-order valence-electron chi connectivity index (χ0n) is 7.12. The molecule has 0 atom stereocenters. The van der Waals surface area contributed by atoms with Crippen molar-refractivity contribution in [2.24, 2.45) is 0 Å². The summed E-state index contributed by atoms with van der Waals surface area (Å²) in [6.07, 6.45) is 4.15. The number of hydrogen-bond donors (Lipinski definition) is 1. The number of aliphatic hydroxyl groups excluding tert-OH is 1. The van der Waals surface area contributed by atoms with Crippen molar-refractivity contribution in [2.45, 2.75) is 19.9 Å². The maximum Gasteiger partial charge on any atom is 0.0646 e. The number of aliphatic hydroxyl groups is 1. The summed E-state index contributed by atoms with van der Waals surface area (Å²) in [5, 5.41) is 12.5.